The van der Waals surface area contributed by atoms with Crippen molar-refractivity contribution in [1.82, 2.24) is 20.0 Å². The normalized spacial score (nSPS) is 11.3. The predicted molar refractivity (Wildman–Crippen MR) is 76.9 cm³/mol. The highest BCUT2D eigenvalue weighted by Crippen LogP contribution is 2.22. The van der Waals surface area contributed by atoms with Crippen LogP contribution >= 0.6 is 0 Å². The fraction of sp³-hybridized carbons (Fsp3) is 0.267. The van der Waals surface area contributed by atoms with E-state index in [4.69, 9.17) is 0 Å². The summed E-state index contributed by atoms with van der Waals surface area (Å²) in [6, 6.07) is 8.30. The summed E-state index contributed by atoms with van der Waals surface area (Å²) in [5.41, 5.74) is 3.52. The van der Waals surface area contributed by atoms with Crippen LogP contribution in [0.2, 0.25) is 0 Å². The van der Waals surface area contributed by atoms with Crippen molar-refractivity contribution in [3.8, 4) is 0 Å². The van der Waals surface area contributed by atoms with Crippen molar-refractivity contribution in [1.29, 1.82) is 0 Å². The van der Waals surface area contributed by atoms with Gasteiger partial charge in [0.1, 0.15) is 5.69 Å². The first-order chi connectivity index (χ1) is 9.70. The zero-order valence-electron chi connectivity index (χ0n) is 11.5. The highest BCUT2D eigenvalue weighted by molar-refractivity contribution is 5.83. The van der Waals surface area contributed by atoms with E-state index in [1.807, 2.05) is 42.9 Å². The lowest BCUT2D eigenvalue weighted by molar-refractivity contribution is 0.111. The van der Waals surface area contributed by atoms with Crippen molar-refractivity contribution >= 4 is 17.2 Å². The monoisotopic (exact) mass is 268 g/mol. The molecular formula is C15H16N4O. The molecule has 2 aromatic heterocycles. The fourth-order valence-electron chi connectivity index (χ4n) is 2.46. The number of aromatic nitrogens is 4. The molecule has 2 heterocycles. The topological polar surface area (TPSA) is 63.6 Å². The zero-order valence-corrected chi connectivity index (χ0v) is 11.5. The Bertz CT molecular complexity index is 754. The fourth-order valence-corrected chi connectivity index (χ4v) is 2.46. The quantitative estimate of drug-likeness (QED) is 0.740. The molecule has 102 valence electrons. The number of aldehydes is 1. The Kier molecular flexibility index (Phi) is 3.10. The Morgan fingerprint density at radius 2 is 2.15 bits per heavy atom. The molecule has 0 aliphatic carbocycles. The number of para-hydroxylation sites is 1. The van der Waals surface area contributed by atoms with Gasteiger partial charge in [0.15, 0.2) is 6.29 Å². The summed E-state index contributed by atoms with van der Waals surface area (Å²) >= 11 is 0. The van der Waals surface area contributed by atoms with Gasteiger partial charge in [0, 0.05) is 29.6 Å². The molecule has 5 nitrogen and oxygen atoms in total. The van der Waals surface area contributed by atoms with E-state index in [-0.39, 0.29) is 6.04 Å². The third-order valence-electron chi connectivity index (χ3n) is 3.45. The third-order valence-corrected chi connectivity index (χ3v) is 3.45. The first-order valence-corrected chi connectivity index (χ1v) is 6.65. The van der Waals surface area contributed by atoms with Crippen LogP contribution in [0, 0.1) is 0 Å². The van der Waals surface area contributed by atoms with Crippen molar-refractivity contribution in [2.24, 2.45) is 0 Å². The average molecular weight is 268 g/mol. The van der Waals surface area contributed by atoms with Gasteiger partial charge in [0.2, 0.25) is 0 Å². The van der Waals surface area contributed by atoms with Crippen LogP contribution in [-0.4, -0.2) is 26.3 Å². The average Bonchev–Trinajstić information content (AvgIpc) is 3.04. The standard InChI is InChI=1S/C15H16N4O/c1-10(2)19-15(14(9-20)17-18-19)7-11-8-16-13-6-4-3-5-12(11)13/h3-6,8-10,16H,7H2,1-2H3. The Morgan fingerprint density at radius 3 is 2.90 bits per heavy atom. The van der Waals surface area contributed by atoms with Gasteiger partial charge in [-0.1, -0.05) is 23.4 Å². The van der Waals surface area contributed by atoms with Gasteiger partial charge in [-0.25, -0.2) is 4.68 Å². The van der Waals surface area contributed by atoms with E-state index in [0.29, 0.717) is 12.1 Å². The van der Waals surface area contributed by atoms with E-state index < -0.39 is 0 Å². The second-order valence-corrected chi connectivity index (χ2v) is 5.11. The summed E-state index contributed by atoms with van der Waals surface area (Å²) in [5, 5.41) is 9.19. The van der Waals surface area contributed by atoms with Crippen LogP contribution in [0.5, 0.6) is 0 Å². The maximum Gasteiger partial charge on any atom is 0.172 e. The molecule has 0 spiro atoms. The molecule has 1 aromatic carbocycles. The van der Waals surface area contributed by atoms with Crippen molar-refractivity contribution in [2.45, 2.75) is 26.3 Å². The second kappa shape index (κ2) is 4.92. The number of carbonyl (C=O) groups excluding carboxylic acids is 1. The minimum absolute atomic E-state index is 0.177. The van der Waals surface area contributed by atoms with Crippen molar-refractivity contribution < 1.29 is 4.79 Å². The van der Waals surface area contributed by atoms with Gasteiger partial charge in [-0.2, -0.15) is 0 Å². The summed E-state index contributed by atoms with van der Waals surface area (Å²) in [5.74, 6) is 0. The number of aromatic amines is 1. The molecule has 3 rings (SSSR count). The van der Waals surface area contributed by atoms with Gasteiger partial charge in [0.05, 0.1) is 5.69 Å². The lowest BCUT2D eigenvalue weighted by atomic mass is 10.1. The minimum Gasteiger partial charge on any atom is -0.361 e. The van der Waals surface area contributed by atoms with Crippen molar-refractivity contribution in [2.75, 3.05) is 0 Å². The van der Waals surface area contributed by atoms with Crippen LogP contribution in [0.15, 0.2) is 30.5 Å². The number of nitrogens with zero attached hydrogens (tertiary/aromatic N) is 3. The summed E-state index contributed by atoms with van der Waals surface area (Å²) in [6.07, 6.45) is 3.40. The highest BCUT2D eigenvalue weighted by atomic mass is 16.1. The predicted octanol–water partition coefficient (Wildman–Crippen LogP) is 2.74. The van der Waals surface area contributed by atoms with E-state index in [9.17, 15) is 4.79 Å². The Morgan fingerprint density at radius 1 is 1.35 bits per heavy atom. The summed E-state index contributed by atoms with van der Waals surface area (Å²) in [7, 11) is 0. The molecule has 0 aliphatic heterocycles. The number of hydrogen-bond acceptors (Lipinski definition) is 3. The Labute approximate surface area is 116 Å². The number of hydrogen-bond donors (Lipinski definition) is 1. The number of rotatable bonds is 4. The number of nitrogens with one attached hydrogen (secondary N) is 1. The van der Waals surface area contributed by atoms with Crippen LogP contribution in [0.4, 0.5) is 0 Å². The van der Waals surface area contributed by atoms with Gasteiger partial charge >= 0.3 is 0 Å². The van der Waals surface area contributed by atoms with Crippen LogP contribution in [0.1, 0.15) is 41.6 Å². The first kappa shape index (κ1) is 12.6. The smallest absolute Gasteiger partial charge is 0.172 e. The van der Waals surface area contributed by atoms with Gasteiger partial charge in [-0.05, 0) is 25.5 Å². The first-order valence-electron chi connectivity index (χ1n) is 6.65. The Hall–Kier alpha value is -2.43. The largest absolute Gasteiger partial charge is 0.361 e. The minimum atomic E-state index is 0.177. The summed E-state index contributed by atoms with van der Waals surface area (Å²) in [4.78, 5) is 14.4. The molecule has 0 unspecified atom stereocenters. The number of fused-ring (bicyclic) bond motifs is 1. The van der Waals surface area contributed by atoms with E-state index in [1.54, 1.807) is 0 Å². The van der Waals surface area contributed by atoms with Crippen molar-refractivity contribution in [3.63, 3.8) is 0 Å². The van der Waals surface area contributed by atoms with E-state index in [1.165, 1.54) is 5.39 Å². The van der Waals surface area contributed by atoms with Crippen molar-refractivity contribution in [3.05, 3.63) is 47.4 Å². The van der Waals surface area contributed by atoms with Crippen LogP contribution in [0.3, 0.4) is 0 Å². The second-order valence-electron chi connectivity index (χ2n) is 5.11. The molecular weight excluding hydrogens is 252 g/mol. The molecule has 0 saturated heterocycles. The lowest BCUT2D eigenvalue weighted by Gasteiger charge is -2.09. The number of H-pyrrole nitrogens is 1. The van der Waals surface area contributed by atoms with Gasteiger partial charge in [-0.3, -0.25) is 4.79 Å². The molecule has 0 amide bonds. The van der Waals surface area contributed by atoms with E-state index >= 15 is 0 Å². The molecule has 1 N–H and O–H groups in total. The van der Waals surface area contributed by atoms with Gasteiger partial charge in [0.25, 0.3) is 0 Å². The van der Waals surface area contributed by atoms with Crippen LogP contribution in [0.25, 0.3) is 10.9 Å². The molecule has 0 atom stereocenters. The maximum absolute atomic E-state index is 11.1. The van der Waals surface area contributed by atoms with Gasteiger partial charge < -0.3 is 4.98 Å². The maximum atomic E-state index is 11.1. The molecule has 0 bridgehead atoms. The molecule has 0 fully saturated rings. The molecule has 0 saturated carbocycles. The lowest BCUT2D eigenvalue weighted by Crippen LogP contribution is -2.09. The third kappa shape index (κ3) is 2.01. The van der Waals surface area contributed by atoms with Crippen LogP contribution < -0.4 is 0 Å². The van der Waals surface area contributed by atoms with Crippen LogP contribution in [-0.2, 0) is 6.42 Å². The molecule has 20 heavy (non-hydrogen) atoms. The SMILES string of the molecule is CC(C)n1nnc(C=O)c1Cc1c[nH]c2ccccc12. The summed E-state index contributed by atoms with van der Waals surface area (Å²) < 4.78 is 1.81. The molecule has 3 aromatic rings. The summed E-state index contributed by atoms with van der Waals surface area (Å²) in [6.45, 7) is 4.06. The van der Waals surface area contributed by atoms with Gasteiger partial charge in [-0.15, -0.1) is 5.10 Å². The highest BCUT2D eigenvalue weighted by Gasteiger charge is 2.16. The molecule has 0 radical (unpaired) electrons. The van der Waals surface area contributed by atoms with E-state index in [2.05, 4.69) is 21.4 Å². The number of benzene rings is 1. The van der Waals surface area contributed by atoms with E-state index in [0.717, 1.165) is 23.1 Å². The molecule has 5 heteroatoms. The Balaban J connectivity index is 2.06. The number of carbonyl (C=O) groups is 1. The molecule has 0 aliphatic rings. The zero-order chi connectivity index (χ0) is 14.1.